The standard InChI is InChI=1S/C5H13NO3S/c1-3-4-10(7,8)9-5-6-2/h6H,3-5H2,1-2H3. The zero-order chi connectivity index (χ0) is 8.04. The van der Waals surface area contributed by atoms with E-state index in [9.17, 15) is 8.42 Å². The van der Waals surface area contributed by atoms with Crippen molar-refractivity contribution in [2.45, 2.75) is 13.3 Å². The lowest BCUT2D eigenvalue weighted by molar-refractivity contribution is 0.298. The molecule has 0 spiro atoms. The van der Waals surface area contributed by atoms with Crippen LogP contribution in [0.3, 0.4) is 0 Å². The van der Waals surface area contributed by atoms with E-state index in [0.717, 1.165) is 0 Å². The molecule has 0 heterocycles. The van der Waals surface area contributed by atoms with Gasteiger partial charge in [-0.25, -0.2) is 0 Å². The summed E-state index contributed by atoms with van der Waals surface area (Å²) in [6, 6.07) is 0. The molecule has 0 unspecified atom stereocenters. The van der Waals surface area contributed by atoms with Gasteiger partial charge in [-0.05, 0) is 13.5 Å². The molecule has 0 aromatic carbocycles. The summed E-state index contributed by atoms with van der Waals surface area (Å²) >= 11 is 0. The van der Waals surface area contributed by atoms with Crippen LogP contribution in [0.15, 0.2) is 0 Å². The Morgan fingerprint density at radius 3 is 2.50 bits per heavy atom. The van der Waals surface area contributed by atoms with Crippen molar-refractivity contribution in [3.05, 3.63) is 0 Å². The minimum atomic E-state index is -3.26. The first-order valence-corrected chi connectivity index (χ1v) is 4.72. The van der Waals surface area contributed by atoms with Gasteiger partial charge < -0.3 is 0 Å². The molecule has 4 nitrogen and oxygen atoms in total. The first-order valence-electron chi connectivity index (χ1n) is 3.14. The normalized spacial score (nSPS) is 11.8. The maximum absolute atomic E-state index is 10.7. The van der Waals surface area contributed by atoms with E-state index in [4.69, 9.17) is 0 Å². The van der Waals surface area contributed by atoms with Crippen LogP contribution in [0.1, 0.15) is 13.3 Å². The molecule has 0 atom stereocenters. The van der Waals surface area contributed by atoms with Gasteiger partial charge in [-0.3, -0.25) is 9.50 Å². The number of nitrogens with one attached hydrogen (secondary N) is 1. The molecular weight excluding hydrogens is 154 g/mol. The lowest BCUT2D eigenvalue weighted by atomic mass is 10.6. The van der Waals surface area contributed by atoms with Crippen molar-refractivity contribution in [3.63, 3.8) is 0 Å². The van der Waals surface area contributed by atoms with Crippen LogP contribution in [0.25, 0.3) is 0 Å². The summed E-state index contributed by atoms with van der Waals surface area (Å²) in [6.07, 6.45) is 0.589. The van der Waals surface area contributed by atoms with Crippen LogP contribution in [-0.2, 0) is 14.3 Å². The Kier molecular flexibility index (Phi) is 4.59. The van der Waals surface area contributed by atoms with Gasteiger partial charge in [-0.2, -0.15) is 8.42 Å². The molecule has 62 valence electrons. The molecule has 0 aliphatic heterocycles. The van der Waals surface area contributed by atoms with Crippen molar-refractivity contribution < 1.29 is 12.6 Å². The van der Waals surface area contributed by atoms with Crippen molar-refractivity contribution in [3.8, 4) is 0 Å². The third-order valence-corrected chi connectivity index (χ3v) is 2.22. The summed E-state index contributed by atoms with van der Waals surface area (Å²) in [5.74, 6) is 0.0919. The van der Waals surface area contributed by atoms with Crippen molar-refractivity contribution in [2.24, 2.45) is 0 Å². The van der Waals surface area contributed by atoms with E-state index in [-0.39, 0.29) is 12.5 Å². The molecule has 0 rings (SSSR count). The molecule has 10 heavy (non-hydrogen) atoms. The molecule has 1 N–H and O–H groups in total. The first-order chi connectivity index (χ1) is 4.62. The summed E-state index contributed by atoms with van der Waals surface area (Å²) in [6.45, 7) is 1.85. The second-order valence-corrected chi connectivity index (χ2v) is 3.64. The predicted octanol–water partition coefficient (Wildman–Crippen LogP) is -0.0803. The van der Waals surface area contributed by atoms with E-state index in [0.29, 0.717) is 6.42 Å². The molecule has 0 fully saturated rings. The van der Waals surface area contributed by atoms with Gasteiger partial charge in [-0.1, -0.05) is 6.92 Å². The quantitative estimate of drug-likeness (QED) is 0.459. The maximum Gasteiger partial charge on any atom is 0.268 e. The SMILES string of the molecule is CCCS(=O)(=O)OCNC. The van der Waals surface area contributed by atoms with E-state index < -0.39 is 10.1 Å². The Balaban J connectivity index is 3.65. The third-order valence-electron chi connectivity index (χ3n) is 0.837. The molecule has 5 heteroatoms. The highest BCUT2D eigenvalue weighted by Crippen LogP contribution is 1.93. The second kappa shape index (κ2) is 4.65. The highest BCUT2D eigenvalue weighted by atomic mass is 32.2. The van der Waals surface area contributed by atoms with Gasteiger partial charge in [0.15, 0.2) is 0 Å². The highest BCUT2D eigenvalue weighted by molar-refractivity contribution is 7.86. The Hall–Kier alpha value is -0.130. The van der Waals surface area contributed by atoms with E-state index in [1.807, 2.05) is 0 Å². The minimum absolute atomic E-state index is 0.0579. The van der Waals surface area contributed by atoms with Crippen molar-refractivity contribution in [1.82, 2.24) is 5.32 Å². The van der Waals surface area contributed by atoms with Crippen LogP contribution in [0.2, 0.25) is 0 Å². The average Bonchev–Trinajstić information content (AvgIpc) is 1.84. The lowest BCUT2D eigenvalue weighted by Gasteiger charge is -2.01. The number of rotatable bonds is 5. The van der Waals surface area contributed by atoms with E-state index in [1.54, 1.807) is 14.0 Å². The number of hydrogen-bond acceptors (Lipinski definition) is 4. The van der Waals surface area contributed by atoms with Crippen molar-refractivity contribution in [1.29, 1.82) is 0 Å². The van der Waals surface area contributed by atoms with Gasteiger partial charge in [-0.15, -0.1) is 0 Å². The van der Waals surface area contributed by atoms with Crippen molar-refractivity contribution >= 4 is 10.1 Å². The molecule has 0 bridgehead atoms. The largest absolute Gasteiger partial charge is 0.297 e. The van der Waals surface area contributed by atoms with Gasteiger partial charge >= 0.3 is 0 Å². The summed E-state index contributed by atoms with van der Waals surface area (Å²) in [4.78, 5) is 0. The van der Waals surface area contributed by atoms with Gasteiger partial charge in [0.05, 0.1) is 5.75 Å². The smallest absolute Gasteiger partial charge is 0.268 e. The van der Waals surface area contributed by atoms with Crippen LogP contribution in [0.5, 0.6) is 0 Å². The Morgan fingerprint density at radius 2 is 2.10 bits per heavy atom. The fourth-order valence-electron chi connectivity index (χ4n) is 0.458. The molecule has 0 aliphatic carbocycles. The van der Waals surface area contributed by atoms with Gasteiger partial charge in [0.25, 0.3) is 10.1 Å². The van der Waals surface area contributed by atoms with Crippen LogP contribution in [0, 0.1) is 0 Å². The fourth-order valence-corrected chi connectivity index (χ4v) is 1.37. The average molecular weight is 167 g/mol. The van der Waals surface area contributed by atoms with Crippen LogP contribution in [0.4, 0.5) is 0 Å². The maximum atomic E-state index is 10.7. The molecule has 0 radical (unpaired) electrons. The molecule has 0 saturated heterocycles. The summed E-state index contributed by atoms with van der Waals surface area (Å²) in [7, 11) is -1.63. The Bertz CT molecular complexity index is 164. The summed E-state index contributed by atoms with van der Waals surface area (Å²) in [5, 5.41) is 2.58. The monoisotopic (exact) mass is 167 g/mol. The molecule has 0 saturated carbocycles. The molecule has 0 aromatic rings. The van der Waals surface area contributed by atoms with Crippen LogP contribution < -0.4 is 5.32 Å². The fraction of sp³-hybridized carbons (Fsp3) is 1.00. The van der Waals surface area contributed by atoms with Crippen LogP contribution >= 0.6 is 0 Å². The minimum Gasteiger partial charge on any atom is -0.297 e. The Labute approximate surface area is 61.7 Å². The zero-order valence-corrected chi connectivity index (χ0v) is 7.07. The molecule has 0 aliphatic rings. The van der Waals surface area contributed by atoms with Gasteiger partial charge in [0, 0.05) is 0 Å². The molecule has 0 amide bonds. The summed E-state index contributed by atoms with van der Waals surface area (Å²) in [5.41, 5.74) is 0. The van der Waals surface area contributed by atoms with Gasteiger partial charge in [0.2, 0.25) is 0 Å². The van der Waals surface area contributed by atoms with E-state index in [2.05, 4.69) is 9.50 Å². The molecule has 0 aromatic heterocycles. The lowest BCUT2D eigenvalue weighted by Crippen LogP contribution is -2.18. The highest BCUT2D eigenvalue weighted by Gasteiger charge is 2.07. The van der Waals surface area contributed by atoms with Crippen molar-refractivity contribution in [2.75, 3.05) is 19.5 Å². The first kappa shape index (κ1) is 9.87. The molecular formula is C5H13NO3S. The van der Waals surface area contributed by atoms with Crippen LogP contribution in [-0.4, -0.2) is 27.9 Å². The van der Waals surface area contributed by atoms with E-state index >= 15 is 0 Å². The summed E-state index contributed by atoms with van der Waals surface area (Å²) < 4.78 is 25.9. The third kappa shape index (κ3) is 4.72. The Morgan fingerprint density at radius 1 is 1.50 bits per heavy atom. The zero-order valence-electron chi connectivity index (χ0n) is 6.25. The predicted molar refractivity (Wildman–Crippen MR) is 39.1 cm³/mol. The van der Waals surface area contributed by atoms with Gasteiger partial charge in [0.1, 0.15) is 6.73 Å². The second-order valence-electron chi connectivity index (χ2n) is 1.88. The number of hydrogen-bond donors (Lipinski definition) is 1. The topological polar surface area (TPSA) is 55.4 Å². The van der Waals surface area contributed by atoms with E-state index in [1.165, 1.54) is 0 Å².